The van der Waals surface area contributed by atoms with Crippen LogP contribution in [0.5, 0.6) is 0 Å². The molecule has 0 spiro atoms. The zero-order chi connectivity index (χ0) is 12.3. The van der Waals surface area contributed by atoms with Crippen molar-refractivity contribution in [3.8, 4) is 6.07 Å². The van der Waals surface area contributed by atoms with E-state index in [-0.39, 0.29) is 5.56 Å². The van der Waals surface area contributed by atoms with E-state index in [4.69, 9.17) is 5.26 Å². The molecule has 0 aliphatic rings. The summed E-state index contributed by atoms with van der Waals surface area (Å²) in [6.07, 6.45) is 0. The Bertz CT molecular complexity index is 590. The molecule has 84 valence electrons. The van der Waals surface area contributed by atoms with Crippen molar-refractivity contribution in [2.75, 3.05) is 5.32 Å². The highest BCUT2D eigenvalue weighted by molar-refractivity contribution is 9.10. The van der Waals surface area contributed by atoms with Gasteiger partial charge in [0.25, 0.3) is 0 Å². The lowest BCUT2D eigenvalue weighted by Gasteiger charge is -2.10. The van der Waals surface area contributed by atoms with E-state index >= 15 is 0 Å². The molecule has 0 unspecified atom stereocenters. The van der Waals surface area contributed by atoms with Gasteiger partial charge in [0.05, 0.1) is 11.4 Å². The standard InChI is InChI=1S/C13H8BrFN2/c14-10-4-1-2-6-13(10)17-12-7-3-5-11(15)9(12)8-16/h1-7,17H. The summed E-state index contributed by atoms with van der Waals surface area (Å²) in [5.74, 6) is -0.524. The number of benzene rings is 2. The van der Waals surface area contributed by atoms with Gasteiger partial charge in [0.15, 0.2) is 0 Å². The Hall–Kier alpha value is -1.86. The number of hydrogen-bond acceptors (Lipinski definition) is 2. The van der Waals surface area contributed by atoms with Crippen LogP contribution >= 0.6 is 15.9 Å². The van der Waals surface area contributed by atoms with Gasteiger partial charge in [0.2, 0.25) is 0 Å². The predicted molar refractivity (Wildman–Crippen MR) is 68.5 cm³/mol. The molecule has 0 aliphatic heterocycles. The first-order valence-electron chi connectivity index (χ1n) is 4.92. The molecule has 2 rings (SSSR count). The van der Waals surface area contributed by atoms with Crippen molar-refractivity contribution in [1.82, 2.24) is 0 Å². The second kappa shape index (κ2) is 4.98. The minimum atomic E-state index is -0.524. The normalized spacial score (nSPS) is 9.71. The van der Waals surface area contributed by atoms with Crippen LogP contribution in [0.3, 0.4) is 0 Å². The molecule has 17 heavy (non-hydrogen) atoms. The number of rotatable bonds is 2. The van der Waals surface area contributed by atoms with Crippen LogP contribution in [0.15, 0.2) is 46.9 Å². The van der Waals surface area contributed by atoms with Gasteiger partial charge in [-0.15, -0.1) is 0 Å². The van der Waals surface area contributed by atoms with Crippen molar-refractivity contribution in [2.45, 2.75) is 0 Å². The van der Waals surface area contributed by atoms with Gasteiger partial charge in [0, 0.05) is 4.47 Å². The van der Waals surface area contributed by atoms with Gasteiger partial charge in [0.1, 0.15) is 17.4 Å². The Kier molecular flexibility index (Phi) is 3.40. The van der Waals surface area contributed by atoms with Crippen molar-refractivity contribution in [3.63, 3.8) is 0 Å². The first kappa shape index (κ1) is 11.6. The second-order valence-electron chi connectivity index (χ2n) is 3.38. The number of nitrogens with one attached hydrogen (secondary N) is 1. The van der Waals surface area contributed by atoms with E-state index in [1.165, 1.54) is 6.07 Å². The Morgan fingerprint density at radius 1 is 1.06 bits per heavy atom. The van der Waals surface area contributed by atoms with Crippen LogP contribution < -0.4 is 5.32 Å². The third-order valence-corrected chi connectivity index (χ3v) is 2.96. The second-order valence-corrected chi connectivity index (χ2v) is 4.23. The third-order valence-electron chi connectivity index (χ3n) is 2.27. The van der Waals surface area contributed by atoms with Gasteiger partial charge < -0.3 is 5.32 Å². The van der Waals surface area contributed by atoms with Crippen LogP contribution in [0.4, 0.5) is 15.8 Å². The summed E-state index contributed by atoms with van der Waals surface area (Å²) >= 11 is 3.38. The molecule has 0 heterocycles. The molecule has 0 atom stereocenters. The molecular weight excluding hydrogens is 283 g/mol. The lowest BCUT2D eigenvalue weighted by Crippen LogP contribution is -1.96. The van der Waals surface area contributed by atoms with Crippen LogP contribution in [-0.2, 0) is 0 Å². The summed E-state index contributed by atoms with van der Waals surface area (Å²) in [5.41, 5.74) is 1.26. The number of nitrogens with zero attached hydrogens (tertiary/aromatic N) is 1. The lowest BCUT2D eigenvalue weighted by molar-refractivity contribution is 0.624. The van der Waals surface area contributed by atoms with Crippen LogP contribution in [-0.4, -0.2) is 0 Å². The molecule has 0 aliphatic carbocycles. The Morgan fingerprint density at radius 2 is 1.76 bits per heavy atom. The van der Waals surface area contributed by atoms with Gasteiger partial charge >= 0.3 is 0 Å². The van der Waals surface area contributed by atoms with Crippen LogP contribution in [0.2, 0.25) is 0 Å². The molecule has 2 aromatic rings. The van der Waals surface area contributed by atoms with Crippen LogP contribution in [0.1, 0.15) is 5.56 Å². The molecule has 0 saturated heterocycles. The van der Waals surface area contributed by atoms with Crippen molar-refractivity contribution in [3.05, 3.63) is 58.3 Å². The fourth-order valence-electron chi connectivity index (χ4n) is 1.45. The molecule has 0 saturated carbocycles. The van der Waals surface area contributed by atoms with Gasteiger partial charge in [-0.1, -0.05) is 18.2 Å². The third kappa shape index (κ3) is 2.45. The number of para-hydroxylation sites is 1. The Labute approximate surface area is 107 Å². The first-order chi connectivity index (χ1) is 8.22. The van der Waals surface area contributed by atoms with E-state index in [0.29, 0.717) is 5.69 Å². The maximum atomic E-state index is 13.4. The van der Waals surface area contributed by atoms with Crippen molar-refractivity contribution < 1.29 is 4.39 Å². The molecule has 0 amide bonds. The summed E-state index contributed by atoms with van der Waals surface area (Å²) in [4.78, 5) is 0. The van der Waals surface area contributed by atoms with Crippen LogP contribution in [0.25, 0.3) is 0 Å². The van der Waals surface area contributed by atoms with Gasteiger partial charge in [-0.25, -0.2) is 4.39 Å². The van der Waals surface area contributed by atoms with E-state index in [0.717, 1.165) is 10.2 Å². The minimum Gasteiger partial charge on any atom is -0.353 e. The highest BCUT2D eigenvalue weighted by atomic mass is 79.9. The molecule has 4 heteroatoms. The van der Waals surface area contributed by atoms with Crippen LogP contribution in [0, 0.1) is 17.1 Å². The summed E-state index contributed by atoms with van der Waals surface area (Å²) < 4.78 is 14.2. The molecular formula is C13H8BrFN2. The highest BCUT2D eigenvalue weighted by Gasteiger charge is 2.08. The first-order valence-corrected chi connectivity index (χ1v) is 5.72. The molecule has 2 aromatic carbocycles. The summed E-state index contributed by atoms with van der Waals surface area (Å²) in [7, 11) is 0. The lowest BCUT2D eigenvalue weighted by atomic mass is 10.1. The number of nitriles is 1. The predicted octanol–water partition coefficient (Wildman–Crippen LogP) is 4.20. The number of hydrogen-bond donors (Lipinski definition) is 1. The molecule has 2 nitrogen and oxygen atoms in total. The zero-order valence-corrected chi connectivity index (χ0v) is 10.3. The quantitative estimate of drug-likeness (QED) is 0.900. The van der Waals surface area contributed by atoms with E-state index in [9.17, 15) is 4.39 Å². The Balaban J connectivity index is 2.41. The fraction of sp³-hybridized carbons (Fsp3) is 0. The van der Waals surface area contributed by atoms with Crippen molar-refractivity contribution in [2.24, 2.45) is 0 Å². The molecule has 0 aromatic heterocycles. The smallest absolute Gasteiger partial charge is 0.143 e. The zero-order valence-electron chi connectivity index (χ0n) is 8.74. The monoisotopic (exact) mass is 290 g/mol. The SMILES string of the molecule is N#Cc1c(F)cccc1Nc1ccccc1Br. The number of halogens is 2. The van der Waals surface area contributed by atoms with Gasteiger partial charge in [-0.05, 0) is 40.2 Å². The largest absolute Gasteiger partial charge is 0.353 e. The minimum absolute atomic E-state index is 0.0169. The topological polar surface area (TPSA) is 35.8 Å². The van der Waals surface area contributed by atoms with E-state index < -0.39 is 5.82 Å². The molecule has 0 radical (unpaired) electrons. The summed E-state index contributed by atoms with van der Waals surface area (Å²) in [6.45, 7) is 0. The van der Waals surface area contributed by atoms with E-state index in [2.05, 4.69) is 21.2 Å². The fourth-order valence-corrected chi connectivity index (χ4v) is 1.83. The maximum absolute atomic E-state index is 13.4. The van der Waals surface area contributed by atoms with Gasteiger partial charge in [-0.2, -0.15) is 5.26 Å². The van der Waals surface area contributed by atoms with Crippen molar-refractivity contribution >= 4 is 27.3 Å². The summed E-state index contributed by atoms with van der Waals surface area (Å²) in [5, 5.41) is 11.9. The Morgan fingerprint density at radius 3 is 2.47 bits per heavy atom. The molecule has 0 fully saturated rings. The maximum Gasteiger partial charge on any atom is 0.143 e. The average molecular weight is 291 g/mol. The van der Waals surface area contributed by atoms with E-state index in [1.54, 1.807) is 12.1 Å². The van der Waals surface area contributed by atoms with E-state index in [1.807, 2.05) is 30.3 Å². The molecule has 0 bridgehead atoms. The van der Waals surface area contributed by atoms with Gasteiger partial charge in [-0.3, -0.25) is 0 Å². The average Bonchev–Trinajstić information content (AvgIpc) is 2.32. The molecule has 1 N–H and O–H groups in total. The number of anilines is 2. The summed E-state index contributed by atoms with van der Waals surface area (Å²) in [6, 6.07) is 13.8. The van der Waals surface area contributed by atoms with Crippen molar-refractivity contribution in [1.29, 1.82) is 5.26 Å². The highest BCUT2D eigenvalue weighted by Crippen LogP contribution is 2.27.